The number of dihydropyridines is 1. The highest BCUT2D eigenvalue weighted by molar-refractivity contribution is 6.30. The normalized spacial score (nSPS) is 22.7. The fourth-order valence-electron chi connectivity index (χ4n) is 5.63. The number of hydrogen-bond donors (Lipinski definition) is 1. The summed E-state index contributed by atoms with van der Waals surface area (Å²) in [5.41, 5.74) is 4.79. The van der Waals surface area contributed by atoms with Crippen molar-refractivity contribution in [1.29, 1.82) is 0 Å². The van der Waals surface area contributed by atoms with Gasteiger partial charge in [-0.15, -0.1) is 0 Å². The lowest BCUT2D eigenvalue weighted by molar-refractivity contribution is -0.144. The highest BCUT2D eigenvalue weighted by Crippen LogP contribution is 2.46. The van der Waals surface area contributed by atoms with Crippen LogP contribution in [-0.2, 0) is 14.3 Å². The average molecular weight is 492 g/mol. The minimum absolute atomic E-state index is 0.0504. The first-order valence-corrected chi connectivity index (χ1v) is 12.7. The van der Waals surface area contributed by atoms with Gasteiger partial charge >= 0.3 is 5.97 Å². The van der Waals surface area contributed by atoms with Crippen molar-refractivity contribution < 1.29 is 19.1 Å². The Morgan fingerprint density at radius 3 is 2.29 bits per heavy atom. The Labute approximate surface area is 211 Å². The van der Waals surface area contributed by atoms with E-state index in [2.05, 4.69) is 5.32 Å². The van der Waals surface area contributed by atoms with E-state index in [0.29, 0.717) is 29.0 Å². The standard InChI is InChI=1S/C29H30ClNO4/c1-17-26(29(33)35-23-5-3-4-6-23)27(19-7-11-21(30)12-8-19)28-24(31-17)15-20(16-25(28)32)18-9-13-22(34-2)14-10-18/h7-14,20,23,27,31H,3-6,15-16H2,1-2H3/t20-,27-/m1/s1. The second-order valence-corrected chi connectivity index (χ2v) is 10.1. The van der Waals surface area contributed by atoms with Gasteiger partial charge in [0.1, 0.15) is 11.9 Å². The van der Waals surface area contributed by atoms with Crippen LogP contribution in [0.15, 0.2) is 71.1 Å². The summed E-state index contributed by atoms with van der Waals surface area (Å²) in [7, 11) is 1.64. The van der Waals surface area contributed by atoms with Crippen molar-refractivity contribution in [3.8, 4) is 5.75 Å². The summed E-state index contributed by atoms with van der Waals surface area (Å²) < 4.78 is 11.2. The molecule has 0 amide bonds. The molecule has 0 radical (unpaired) electrons. The lowest BCUT2D eigenvalue weighted by Crippen LogP contribution is -2.36. The smallest absolute Gasteiger partial charge is 0.337 e. The number of benzene rings is 2. The van der Waals surface area contributed by atoms with Gasteiger partial charge in [0.25, 0.3) is 0 Å². The summed E-state index contributed by atoms with van der Waals surface area (Å²) in [5.74, 6) is 0.0993. The number of carbonyl (C=O) groups excluding carboxylic acids is 2. The molecular weight excluding hydrogens is 462 g/mol. The van der Waals surface area contributed by atoms with Crippen LogP contribution in [-0.4, -0.2) is 25.0 Å². The van der Waals surface area contributed by atoms with Crippen LogP contribution in [0.2, 0.25) is 5.02 Å². The van der Waals surface area contributed by atoms with Crippen LogP contribution < -0.4 is 10.1 Å². The van der Waals surface area contributed by atoms with E-state index >= 15 is 0 Å². The number of ketones is 1. The minimum Gasteiger partial charge on any atom is -0.497 e. The second kappa shape index (κ2) is 9.90. The molecule has 2 aromatic rings. The largest absolute Gasteiger partial charge is 0.497 e. The number of rotatable bonds is 5. The highest BCUT2D eigenvalue weighted by Gasteiger charge is 2.42. The Morgan fingerprint density at radius 2 is 1.63 bits per heavy atom. The van der Waals surface area contributed by atoms with Crippen molar-refractivity contribution in [1.82, 2.24) is 5.32 Å². The summed E-state index contributed by atoms with van der Waals surface area (Å²) in [4.78, 5) is 27.1. The summed E-state index contributed by atoms with van der Waals surface area (Å²) in [6, 6.07) is 15.3. The number of carbonyl (C=O) groups is 2. The van der Waals surface area contributed by atoms with Crippen LogP contribution in [0.4, 0.5) is 0 Å². The topological polar surface area (TPSA) is 64.6 Å². The molecule has 3 aliphatic rings. The fraction of sp³-hybridized carbons (Fsp3) is 0.379. The molecule has 5 rings (SSSR count). The molecule has 0 spiro atoms. The number of ether oxygens (including phenoxy) is 2. The maximum atomic E-state index is 13.7. The third-order valence-electron chi connectivity index (χ3n) is 7.41. The Hall–Kier alpha value is -3.05. The van der Waals surface area contributed by atoms with Gasteiger partial charge in [0.2, 0.25) is 0 Å². The van der Waals surface area contributed by atoms with Gasteiger partial charge in [-0.2, -0.15) is 0 Å². The van der Waals surface area contributed by atoms with Gasteiger partial charge in [-0.25, -0.2) is 4.79 Å². The SMILES string of the molecule is COc1ccc([C@H]2CC(=O)C3=C(C2)NC(C)=C(C(=O)OC2CCCC2)[C@H]3c2ccc(Cl)cc2)cc1. The monoisotopic (exact) mass is 491 g/mol. The summed E-state index contributed by atoms with van der Waals surface area (Å²) >= 11 is 6.16. The molecule has 2 aliphatic carbocycles. The molecule has 0 aromatic heterocycles. The molecule has 2 aromatic carbocycles. The van der Waals surface area contributed by atoms with E-state index in [9.17, 15) is 9.59 Å². The predicted octanol–water partition coefficient (Wildman–Crippen LogP) is 6.20. The first-order chi connectivity index (χ1) is 16.9. The lowest BCUT2D eigenvalue weighted by atomic mass is 9.71. The van der Waals surface area contributed by atoms with E-state index < -0.39 is 5.92 Å². The Kier molecular flexibility index (Phi) is 6.70. The van der Waals surface area contributed by atoms with Crippen LogP contribution in [0.1, 0.15) is 68.4 Å². The van der Waals surface area contributed by atoms with Crippen molar-refractivity contribution in [3.05, 3.63) is 87.2 Å². The Morgan fingerprint density at radius 1 is 0.971 bits per heavy atom. The molecule has 1 heterocycles. The summed E-state index contributed by atoms with van der Waals surface area (Å²) in [6.45, 7) is 1.90. The fourth-order valence-corrected chi connectivity index (χ4v) is 5.76. The summed E-state index contributed by atoms with van der Waals surface area (Å²) in [6.07, 6.45) is 4.98. The number of Topliss-reactive ketones (excluding diaryl/α,β-unsaturated/α-hetero) is 1. The number of nitrogens with one attached hydrogen (secondary N) is 1. The highest BCUT2D eigenvalue weighted by atomic mass is 35.5. The van der Waals surface area contributed by atoms with Crippen molar-refractivity contribution in [2.75, 3.05) is 7.11 Å². The molecule has 0 bridgehead atoms. The molecular formula is C29H30ClNO4. The maximum absolute atomic E-state index is 13.7. The Bertz CT molecular complexity index is 1190. The molecule has 35 heavy (non-hydrogen) atoms. The van der Waals surface area contributed by atoms with E-state index in [4.69, 9.17) is 21.1 Å². The predicted molar refractivity (Wildman–Crippen MR) is 135 cm³/mol. The zero-order valence-electron chi connectivity index (χ0n) is 20.1. The molecule has 182 valence electrons. The van der Waals surface area contributed by atoms with Crippen molar-refractivity contribution in [2.45, 2.75) is 63.4 Å². The first-order valence-electron chi connectivity index (χ1n) is 12.3. The van der Waals surface area contributed by atoms with Crippen LogP contribution in [0.25, 0.3) is 0 Å². The molecule has 1 fully saturated rings. The molecule has 5 nitrogen and oxygen atoms in total. The van der Waals surface area contributed by atoms with E-state index in [0.717, 1.165) is 54.0 Å². The number of methoxy groups -OCH3 is 1. The maximum Gasteiger partial charge on any atom is 0.337 e. The molecule has 1 N–H and O–H groups in total. The average Bonchev–Trinajstić information content (AvgIpc) is 3.36. The van der Waals surface area contributed by atoms with E-state index in [1.807, 2.05) is 55.5 Å². The van der Waals surface area contributed by atoms with Crippen molar-refractivity contribution in [3.63, 3.8) is 0 Å². The minimum atomic E-state index is -0.471. The van der Waals surface area contributed by atoms with Crippen LogP contribution in [0.5, 0.6) is 5.75 Å². The molecule has 1 aliphatic heterocycles. The number of esters is 1. The van der Waals surface area contributed by atoms with Crippen LogP contribution in [0.3, 0.4) is 0 Å². The lowest BCUT2D eigenvalue weighted by Gasteiger charge is -2.37. The van der Waals surface area contributed by atoms with Crippen LogP contribution in [0, 0.1) is 0 Å². The molecule has 1 saturated carbocycles. The second-order valence-electron chi connectivity index (χ2n) is 9.65. The molecule has 0 saturated heterocycles. The third-order valence-corrected chi connectivity index (χ3v) is 7.67. The van der Waals surface area contributed by atoms with E-state index in [1.165, 1.54) is 0 Å². The number of halogens is 1. The van der Waals surface area contributed by atoms with Gasteiger partial charge < -0.3 is 14.8 Å². The third kappa shape index (κ3) is 4.74. The number of hydrogen-bond acceptors (Lipinski definition) is 5. The van der Waals surface area contributed by atoms with Gasteiger partial charge in [-0.05, 0) is 80.3 Å². The molecule has 2 atom stereocenters. The summed E-state index contributed by atoms with van der Waals surface area (Å²) in [5, 5.41) is 4.04. The number of allylic oxidation sites excluding steroid dienone is 3. The van der Waals surface area contributed by atoms with Gasteiger partial charge in [0.05, 0.1) is 12.7 Å². The van der Waals surface area contributed by atoms with Gasteiger partial charge in [0.15, 0.2) is 5.78 Å². The van der Waals surface area contributed by atoms with Crippen LogP contribution >= 0.6 is 11.6 Å². The van der Waals surface area contributed by atoms with Gasteiger partial charge in [-0.1, -0.05) is 35.9 Å². The van der Waals surface area contributed by atoms with Crippen molar-refractivity contribution >= 4 is 23.4 Å². The van der Waals surface area contributed by atoms with E-state index in [1.54, 1.807) is 7.11 Å². The molecule has 6 heteroatoms. The molecule has 0 unspecified atom stereocenters. The Balaban J connectivity index is 1.51. The van der Waals surface area contributed by atoms with Gasteiger partial charge in [0, 0.05) is 34.3 Å². The van der Waals surface area contributed by atoms with E-state index in [-0.39, 0.29) is 23.8 Å². The quantitative estimate of drug-likeness (QED) is 0.505. The van der Waals surface area contributed by atoms with Gasteiger partial charge in [-0.3, -0.25) is 4.79 Å². The zero-order chi connectivity index (χ0) is 24.5. The van der Waals surface area contributed by atoms with Crippen molar-refractivity contribution in [2.24, 2.45) is 0 Å². The first kappa shape index (κ1) is 23.7. The zero-order valence-corrected chi connectivity index (χ0v) is 20.9.